The van der Waals surface area contributed by atoms with Gasteiger partial charge in [-0.15, -0.1) is 0 Å². The summed E-state index contributed by atoms with van der Waals surface area (Å²) < 4.78 is 24.3. The van der Waals surface area contributed by atoms with Crippen LogP contribution < -0.4 is 5.32 Å². The summed E-state index contributed by atoms with van der Waals surface area (Å²) in [6.45, 7) is 0.164. The van der Waals surface area contributed by atoms with Gasteiger partial charge in [-0.3, -0.25) is 4.79 Å². The molecule has 0 spiro atoms. The molecule has 0 radical (unpaired) electrons. The molecular weight excluding hydrogens is 276 g/mol. The number of amides is 1. The van der Waals surface area contributed by atoms with Crippen molar-refractivity contribution in [3.8, 4) is 0 Å². The fourth-order valence-electron chi connectivity index (χ4n) is 2.17. The van der Waals surface area contributed by atoms with Crippen molar-refractivity contribution in [3.05, 3.63) is 35.9 Å². The third kappa shape index (κ3) is 3.58. The summed E-state index contributed by atoms with van der Waals surface area (Å²) >= 11 is 0. The summed E-state index contributed by atoms with van der Waals surface area (Å²) in [5.74, 6) is 0.156. The van der Waals surface area contributed by atoms with Crippen LogP contribution in [-0.2, 0) is 14.8 Å². The Bertz CT molecular complexity index is 569. The van der Waals surface area contributed by atoms with Gasteiger partial charge in [-0.1, -0.05) is 30.3 Å². The van der Waals surface area contributed by atoms with Crippen molar-refractivity contribution in [1.29, 1.82) is 0 Å². The minimum absolute atomic E-state index is 0.0144. The molecule has 1 aliphatic rings. The Balaban J connectivity index is 1.78. The quantitative estimate of drug-likeness (QED) is 0.844. The summed E-state index contributed by atoms with van der Waals surface area (Å²) in [5, 5.41) is 2.71. The van der Waals surface area contributed by atoms with Gasteiger partial charge in [0.15, 0.2) is 0 Å². The molecule has 20 heavy (non-hydrogen) atoms. The fourth-order valence-corrected chi connectivity index (χ4v) is 2.90. The van der Waals surface area contributed by atoms with Gasteiger partial charge in [0.25, 0.3) is 0 Å². The number of nitrogens with zero attached hydrogens (tertiary/aromatic N) is 1. The average Bonchev–Trinajstić information content (AvgIpc) is 3.19. The molecule has 2 atom stereocenters. The van der Waals surface area contributed by atoms with Crippen molar-refractivity contribution >= 4 is 15.9 Å². The SMILES string of the molecule is CN(C)S(=O)(=O)CCNC(=O)[C@@H]1C[C@H]1c1ccccc1. The van der Waals surface area contributed by atoms with Crippen molar-refractivity contribution in [1.82, 2.24) is 9.62 Å². The highest BCUT2D eigenvalue weighted by Crippen LogP contribution is 2.47. The van der Waals surface area contributed by atoms with Gasteiger partial charge in [0.05, 0.1) is 5.75 Å². The lowest BCUT2D eigenvalue weighted by atomic mass is 10.1. The Kier molecular flexibility index (Phi) is 4.45. The molecule has 1 aromatic carbocycles. The van der Waals surface area contributed by atoms with Crippen molar-refractivity contribution in [3.63, 3.8) is 0 Å². The first-order valence-corrected chi connectivity index (χ1v) is 8.25. The second-order valence-electron chi connectivity index (χ2n) is 5.25. The Morgan fingerprint density at radius 3 is 2.55 bits per heavy atom. The second-order valence-corrected chi connectivity index (χ2v) is 7.55. The van der Waals surface area contributed by atoms with E-state index in [4.69, 9.17) is 0 Å². The number of hydrogen-bond acceptors (Lipinski definition) is 3. The summed E-state index contributed by atoms with van der Waals surface area (Å²) in [6, 6.07) is 9.93. The summed E-state index contributed by atoms with van der Waals surface area (Å²) in [4.78, 5) is 11.9. The maximum atomic E-state index is 11.9. The number of rotatable bonds is 6. The van der Waals surface area contributed by atoms with E-state index in [1.165, 1.54) is 24.0 Å². The van der Waals surface area contributed by atoms with Crippen LogP contribution in [0.2, 0.25) is 0 Å². The summed E-state index contributed by atoms with van der Waals surface area (Å²) in [5.41, 5.74) is 1.17. The van der Waals surface area contributed by atoms with E-state index in [0.29, 0.717) is 0 Å². The van der Waals surface area contributed by atoms with Crippen LogP contribution >= 0.6 is 0 Å². The van der Waals surface area contributed by atoms with E-state index in [1.807, 2.05) is 30.3 Å². The van der Waals surface area contributed by atoms with Crippen molar-refractivity contribution in [2.45, 2.75) is 12.3 Å². The number of carbonyl (C=O) groups is 1. The van der Waals surface area contributed by atoms with Crippen molar-refractivity contribution < 1.29 is 13.2 Å². The Morgan fingerprint density at radius 2 is 1.95 bits per heavy atom. The molecule has 5 nitrogen and oxygen atoms in total. The van der Waals surface area contributed by atoms with E-state index in [-0.39, 0.29) is 30.0 Å². The highest BCUT2D eigenvalue weighted by atomic mass is 32.2. The van der Waals surface area contributed by atoms with Crippen molar-refractivity contribution in [2.24, 2.45) is 5.92 Å². The Morgan fingerprint density at radius 1 is 1.30 bits per heavy atom. The maximum Gasteiger partial charge on any atom is 0.223 e. The van der Waals surface area contributed by atoms with Gasteiger partial charge in [-0.2, -0.15) is 0 Å². The smallest absolute Gasteiger partial charge is 0.223 e. The lowest BCUT2D eigenvalue weighted by Gasteiger charge is -2.11. The van der Waals surface area contributed by atoms with Crippen LogP contribution in [0.4, 0.5) is 0 Å². The molecule has 1 saturated carbocycles. The predicted molar refractivity (Wildman–Crippen MR) is 77.8 cm³/mol. The van der Waals surface area contributed by atoms with Gasteiger partial charge in [0, 0.05) is 26.6 Å². The monoisotopic (exact) mass is 296 g/mol. The minimum Gasteiger partial charge on any atom is -0.355 e. The van der Waals surface area contributed by atoms with Gasteiger partial charge in [0.2, 0.25) is 15.9 Å². The number of hydrogen-bond donors (Lipinski definition) is 1. The van der Waals surface area contributed by atoms with E-state index in [1.54, 1.807) is 0 Å². The van der Waals surface area contributed by atoms with Crippen LogP contribution in [0.3, 0.4) is 0 Å². The maximum absolute atomic E-state index is 11.9. The molecule has 0 bridgehead atoms. The second kappa shape index (κ2) is 5.93. The highest BCUT2D eigenvalue weighted by Gasteiger charge is 2.43. The van der Waals surface area contributed by atoms with Crippen LogP contribution in [0.15, 0.2) is 30.3 Å². The van der Waals surface area contributed by atoms with E-state index >= 15 is 0 Å². The normalized spacial score (nSPS) is 21.8. The molecule has 0 heterocycles. The van der Waals surface area contributed by atoms with Crippen LogP contribution in [0.25, 0.3) is 0 Å². The number of nitrogens with one attached hydrogen (secondary N) is 1. The van der Waals surface area contributed by atoms with Crippen LogP contribution in [0.5, 0.6) is 0 Å². The fraction of sp³-hybridized carbons (Fsp3) is 0.500. The lowest BCUT2D eigenvalue weighted by molar-refractivity contribution is -0.122. The Hall–Kier alpha value is -1.40. The predicted octanol–water partition coefficient (Wildman–Crippen LogP) is 0.798. The highest BCUT2D eigenvalue weighted by molar-refractivity contribution is 7.89. The van der Waals surface area contributed by atoms with Gasteiger partial charge >= 0.3 is 0 Å². The number of benzene rings is 1. The van der Waals surface area contributed by atoms with Crippen molar-refractivity contribution in [2.75, 3.05) is 26.4 Å². The molecular formula is C14H20N2O3S. The first kappa shape index (κ1) is 15.0. The van der Waals surface area contributed by atoms with E-state index < -0.39 is 10.0 Å². The molecule has 0 aliphatic heterocycles. The third-order valence-corrected chi connectivity index (χ3v) is 5.40. The van der Waals surface area contributed by atoms with Crippen LogP contribution in [0.1, 0.15) is 17.9 Å². The van der Waals surface area contributed by atoms with E-state index in [2.05, 4.69) is 5.32 Å². The molecule has 1 N–H and O–H groups in total. The molecule has 1 aliphatic carbocycles. The molecule has 0 aromatic heterocycles. The van der Waals surface area contributed by atoms with Gasteiger partial charge in [-0.05, 0) is 17.9 Å². The third-order valence-electron chi connectivity index (χ3n) is 3.57. The zero-order chi connectivity index (χ0) is 14.8. The van der Waals surface area contributed by atoms with E-state index in [0.717, 1.165) is 6.42 Å². The van der Waals surface area contributed by atoms with Crippen LogP contribution in [0, 0.1) is 5.92 Å². The zero-order valence-electron chi connectivity index (χ0n) is 11.7. The summed E-state index contributed by atoms with van der Waals surface area (Å²) in [6.07, 6.45) is 0.844. The largest absolute Gasteiger partial charge is 0.355 e. The first-order valence-electron chi connectivity index (χ1n) is 6.64. The zero-order valence-corrected chi connectivity index (χ0v) is 12.6. The minimum atomic E-state index is -3.25. The van der Waals surface area contributed by atoms with Gasteiger partial charge in [0.1, 0.15) is 0 Å². The molecule has 0 saturated heterocycles. The lowest BCUT2D eigenvalue weighted by Crippen LogP contribution is -2.34. The standard InChI is InChI=1S/C14H20N2O3S/c1-16(2)20(18,19)9-8-15-14(17)13-10-12(13)11-6-4-3-5-7-11/h3-7,12-13H,8-10H2,1-2H3,(H,15,17)/t12-,13+/m0/s1. The van der Waals surface area contributed by atoms with Gasteiger partial charge < -0.3 is 5.32 Å². The average molecular weight is 296 g/mol. The topological polar surface area (TPSA) is 66.5 Å². The van der Waals surface area contributed by atoms with Crippen LogP contribution in [-0.4, -0.2) is 45.0 Å². The molecule has 1 aromatic rings. The molecule has 1 fully saturated rings. The van der Waals surface area contributed by atoms with Gasteiger partial charge in [-0.25, -0.2) is 12.7 Å². The molecule has 0 unspecified atom stereocenters. The number of carbonyl (C=O) groups excluding carboxylic acids is 1. The first-order chi connectivity index (χ1) is 9.42. The summed E-state index contributed by atoms with van der Waals surface area (Å²) in [7, 11) is -0.267. The Labute approximate surface area is 120 Å². The van der Waals surface area contributed by atoms with E-state index in [9.17, 15) is 13.2 Å². The molecule has 1 amide bonds. The molecule has 2 rings (SSSR count). The molecule has 6 heteroatoms. The molecule has 110 valence electrons. The number of sulfonamides is 1.